The number of hydrogen-bond acceptors (Lipinski definition) is 4. The number of carbonyl (C=O) groups is 4. The minimum Gasteiger partial charge on any atom is -0.474 e. The van der Waals surface area contributed by atoms with Crippen molar-refractivity contribution in [3.63, 3.8) is 0 Å². The average Bonchev–Trinajstić information content (AvgIpc) is 2.99. The van der Waals surface area contributed by atoms with Crippen LogP contribution in [-0.4, -0.2) is 64.8 Å². The minimum absolute atomic E-state index is 0.119. The first kappa shape index (κ1) is 35.3. The lowest BCUT2D eigenvalue weighted by molar-refractivity contribution is -0.156. The number of piperidine rings is 1. The number of likely N-dealkylation sites (tertiary alicyclic amines) is 1. The molecule has 236 valence electrons. The second-order valence-electron chi connectivity index (χ2n) is 11.9. The summed E-state index contributed by atoms with van der Waals surface area (Å²) >= 11 is 0. The fraction of sp³-hybridized carbons (Fsp3) is 0.706. The molecule has 1 aromatic rings. The largest absolute Gasteiger partial charge is 0.474 e. The Morgan fingerprint density at radius 3 is 1.93 bits per heavy atom. The highest BCUT2D eigenvalue weighted by Gasteiger charge is 2.28. The first-order valence-corrected chi connectivity index (χ1v) is 16.5. The molecule has 0 spiro atoms. The van der Waals surface area contributed by atoms with Crippen LogP contribution in [0.15, 0.2) is 24.3 Å². The first-order valence-electron chi connectivity index (χ1n) is 16.5. The van der Waals surface area contributed by atoms with Crippen molar-refractivity contribution in [3.8, 4) is 0 Å². The molecule has 1 heterocycles. The van der Waals surface area contributed by atoms with Gasteiger partial charge in [0.15, 0.2) is 0 Å². The molecule has 1 aliphatic heterocycles. The van der Waals surface area contributed by atoms with Gasteiger partial charge >= 0.3 is 11.9 Å². The molecular weight excluding hydrogens is 530 g/mol. The number of unbranched alkanes of at least 4 members (excludes halogenated alkanes) is 11. The quantitative estimate of drug-likeness (QED) is 0.133. The second kappa shape index (κ2) is 20.9. The molecule has 1 aliphatic rings. The van der Waals surface area contributed by atoms with E-state index in [0.29, 0.717) is 38.2 Å². The molecule has 0 radical (unpaired) electrons. The van der Waals surface area contributed by atoms with Crippen molar-refractivity contribution >= 4 is 23.7 Å². The molecule has 0 aliphatic carbocycles. The maximum absolute atomic E-state index is 12.6. The summed E-state index contributed by atoms with van der Waals surface area (Å²) in [5.41, 5.74) is 1.33. The Labute approximate surface area is 253 Å². The zero-order valence-corrected chi connectivity index (χ0v) is 26.2. The van der Waals surface area contributed by atoms with Gasteiger partial charge in [0.2, 0.25) is 5.91 Å². The third-order valence-electron chi connectivity index (χ3n) is 8.32. The van der Waals surface area contributed by atoms with Gasteiger partial charge < -0.3 is 20.2 Å². The second-order valence-corrected chi connectivity index (χ2v) is 11.9. The van der Waals surface area contributed by atoms with E-state index in [2.05, 4.69) is 19.2 Å². The standard InChI is InChI=1S/C34H55N3O5/c1-3-5-7-8-9-10-11-12-13-15-23-35-32(39)30-19-17-28(18-20-30)26-37(33(40)34(41)42)27-29-21-24-36(25-22-29)31(38)16-14-6-4-2/h17-20,29H,3-16,21-27H2,1-2H3,(H,35,39)(H,41,42). The fourth-order valence-electron chi connectivity index (χ4n) is 5.61. The van der Waals surface area contributed by atoms with Crippen LogP contribution < -0.4 is 5.32 Å². The van der Waals surface area contributed by atoms with E-state index in [4.69, 9.17) is 0 Å². The average molecular weight is 586 g/mol. The van der Waals surface area contributed by atoms with Crippen LogP contribution >= 0.6 is 0 Å². The van der Waals surface area contributed by atoms with Gasteiger partial charge in [-0.15, -0.1) is 0 Å². The number of carboxylic acids is 1. The Bertz CT molecular complexity index is 941. The van der Waals surface area contributed by atoms with E-state index in [1.165, 1.54) is 56.3 Å². The minimum atomic E-state index is -1.47. The molecule has 0 atom stereocenters. The van der Waals surface area contributed by atoms with E-state index >= 15 is 0 Å². The number of hydrogen-bond donors (Lipinski definition) is 2. The summed E-state index contributed by atoms with van der Waals surface area (Å²) in [5, 5.41) is 12.4. The van der Waals surface area contributed by atoms with Gasteiger partial charge in [0.1, 0.15) is 0 Å². The Kier molecular flexibility index (Phi) is 17.6. The number of nitrogens with one attached hydrogen (secondary N) is 1. The molecule has 1 aromatic carbocycles. The summed E-state index contributed by atoms with van der Waals surface area (Å²) in [7, 11) is 0. The number of rotatable bonds is 20. The summed E-state index contributed by atoms with van der Waals surface area (Å²) in [6.07, 6.45) is 17.7. The fourth-order valence-corrected chi connectivity index (χ4v) is 5.61. The van der Waals surface area contributed by atoms with E-state index in [-0.39, 0.29) is 24.3 Å². The smallest absolute Gasteiger partial charge is 0.394 e. The van der Waals surface area contributed by atoms with Gasteiger partial charge in [-0.25, -0.2) is 4.79 Å². The topological polar surface area (TPSA) is 107 Å². The number of aliphatic carboxylic acids is 1. The molecule has 1 fully saturated rings. The number of carbonyl (C=O) groups excluding carboxylic acids is 3. The summed E-state index contributed by atoms with van der Waals surface area (Å²) in [5.74, 6) is -2.18. The number of nitrogens with zero attached hydrogens (tertiary/aromatic N) is 2. The monoisotopic (exact) mass is 585 g/mol. The highest BCUT2D eigenvalue weighted by Crippen LogP contribution is 2.21. The zero-order valence-electron chi connectivity index (χ0n) is 26.2. The molecule has 3 amide bonds. The number of amides is 3. The van der Waals surface area contributed by atoms with Crippen LogP contribution in [0, 0.1) is 5.92 Å². The normalized spacial score (nSPS) is 13.6. The first-order chi connectivity index (χ1) is 20.3. The maximum Gasteiger partial charge on any atom is 0.394 e. The predicted molar refractivity (Wildman–Crippen MR) is 167 cm³/mol. The van der Waals surface area contributed by atoms with Gasteiger partial charge in [0, 0.05) is 44.7 Å². The van der Waals surface area contributed by atoms with Crippen LogP contribution in [0.1, 0.15) is 133 Å². The van der Waals surface area contributed by atoms with Gasteiger partial charge in [0.05, 0.1) is 0 Å². The van der Waals surface area contributed by atoms with Crippen molar-refractivity contribution in [2.24, 2.45) is 5.92 Å². The molecule has 0 unspecified atom stereocenters. The summed E-state index contributed by atoms with van der Waals surface area (Å²) in [6.45, 7) is 6.81. The Morgan fingerprint density at radius 1 is 0.810 bits per heavy atom. The molecule has 0 aromatic heterocycles. The molecule has 2 N–H and O–H groups in total. The molecule has 8 heteroatoms. The van der Waals surface area contributed by atoms with Crippen LogP contribution in [0.2, 0.25) is 0 Å². The van der Waals surface area contributed by atoms with Crippen LogP contribution in [-0.2, 0) is 20.9 Å². The van der Waals surface area contributed by atoms with Gasteiger partial charge in [-0.05, 0) is 49.3 Å². The van der Waals surface area contributed by atoms with Crippen LogP contribution in [0.4, 0.5) is 0 Å². The molecule has 8 nitrogen and oxygen atoms in total. The third-order valence-corrected chi connectivity index (χ3v) is 8.32. The molecule has 42 heavy (non-hydrogen) atoms. The van der Waals surface area contributed by atoms with E-state index in [9.17, 15) is 24.3 Å². The molecule has 0 bridgehead atoms. The number of benzene rings is 1. The SMILES string of the molecule is CCCCCCCCCCCCNC(=O)c1ccc(CN(CC2CCN(C(=O)CCCCC)CC2)C(=O)C(=O)O)cc1. The van der Waals surface area contributed by atoms with Gasteiger partial charge in [0.25, 0.3) is 5.91 Å². The van der Waals surface area contributed by atoms with Crippen molar-refractivity contribution in [2.45, 2.75) is 123 Å². The molecule has 1 saturated heterocycles. The van der Waals surface area contributed by atoms with Gasteiger partial charge in [-0.1, -0.05) is 96.6 Å². The zero-order chi connectivity index (χ0) is 30.6. The van der Waals surface area contributed by atoms with E-state index in [1.807, 2.05) is 4.90 Å². The van der Waals surface area contributed by atoms with Crippen LogP contribution in [0.5, 0.6) is 0 Å². The lowest BCUT2D eigenvalue weighted by Crippen LogP contribution is -2.44. The Hall–Kier alpha value is -2.90. The van der Waals surface area contributed by atoms with E-state index < -0.39 is 11.9 Å². The van der Waals surface area contributed by atoms with Crippen LogP contribution in [0.25, 0.3) is 0 Å². The highest BCUT2D eigenvalue weighted by molar-refractivity contribution is 6.31. The van der Waals surface area contributed by atoms with Gasteiger partial charge in [-0.3, -0.25) is 14.4 Å². The number of carboxylic acid groups (broad SMARTS) is 1. The van der Waals surface area contributed by atoms with Crippen molar-refractivity contribution in [2.75, 3.05) is 26.2 Å². The highest BCUT2D eigenvalue weighted by atomic mass is 16.4. The molecular formula is C34H55N3O5. The lowest BCUT2D eigenvalue weighted by atomic mass is 9.95. The van der Waals surface area contributed by atoms with Crippen molar-refractivity contribution in [3.05, 3.63) is 35.4 Å². The maximum atomic E-state index is 12.6. The lowest BCUT2D eigenvalue weighted by Gasteiger charge is -2.34. The molecule has 0 saturated carbocycles. The van der Waals surface area contributed by atoms with Crippen LogP contribution in [0.3, 0.4) is 0 Å². The van der Waals surface area contributed by atoms with Crippen molar-refractivity contribution in [1.82, 2.24) is 15.1 Å². The van der Waals surface area contributed by atoms with Crippen molar-refractivity contribution < 1.29 is 24.3 Å². The van der Waals surface area contributed by atoms with E-state index in [0.717, 1.165) is 50.5 Å². The third kappa shape index (κ3) is 13.8. The summed E-state index contributed by atoms with van der Waals surface area (Å²) < 4.78 is 0. The van der Waals surface area contributed by atoms with E-state index in [1.54, 1.807) is 24.3 Å². The van der Waals surface area contributed by atoms with Crippen molar-refractivity contribution in [1.29, 1.82) is 0 Å². The Balaban J connectivity index is 1.74. The molecule has 2 rings (SSSR count). The Morgan fingerprint density at radius 2 is 1.36 bits per heavy atom. The predicted octanol–water partition coefficient (Wildman–Crippen LogP) is 6.57. The summed E-state index contributed by atoms with van der Waals surface area (Å²) in [4.78, 5) is 52.3. The van der Waals surface area contributed by atoms with Gasteiger partial charge in [-0.2, -0.15) is 0 Å². The summed E-state index contributed by atoms with van der Waals surface area (Å²) in [6, 6.07) is 7.04.